The summed E-state index contributed by atoms with van der Waals surface area (Å²) in [5.74, 6) is -2.52. The minimum absolute atomic E-state index is 0.00624. The molecule has 4 N–H and O–H groups in total. The molecule has 4 fully saturated rings. The molecule has 18 nitrogen and oxygen atoms in total. The number of fused-ring (bicyclic) bond motifs is 2. The van der Waals surface area contributed by atoms with Crippen LogP contribution in [0.4, 0.5) is 8.78 Å². The van der Waals surface area contributed by atoms with Crippen LogP contribution in [0.3, 0.4) is 0 Å². The molecular weight excluding hydrogens is 903 g/mol. The Morgan fingerprint density at radius 2 is 0.985 bits per heavy atom. The molecule has 10 atom stereocenters. The first-order valence-electron chi connectivity index (χ1n) is 22.4. The van der Waals surface area contributed by atoms with E-state index in [1.165, 1.54) is 32.9 Å². The zero-order valence-electron chi connectivity index (χ0n) is 38.3. The molecule has 0 aromatic heterocycles. The Hall–Kier alpha value is -4.16. The van der Waals surface area contributed by atoms with Crippen molar-refractivity contribution in [1.82, 2.24) is 39.7 Å². The largest absolute Gasteiger partial charge is 0.370 e. The van der Waals surface area contributed by atoms with Crippen molar-refractivity contribution in [3.8, 4) is 0 Å². The summed E-state index contributed by atoms with van der Waals surface area (Å²) in [5.41, 5.74) is 1.33. The summed E-state index contributed by atoms with van der Waals surface area (Å²) >= 11 is 0. The summed E-state index contributed by atoms with van der Waals surface area (Å²) < 4.78 is 94.3. The van der Waals surface area contributed by atoms with E-state index in [9.17, 15) is 44.8 Å². The molecule has 0 spiro atoms. The van der Waals surface area contributed by atoms with Gasteiger partial charge in [-0.1, -0.05) is 37.1 Å². The van der Waals surface area contributed by atoms with E-state index < -0.39 is 116 Å². The highest BCUT2D eigenvalue weighted by Crippen LogP contribution is 2.38. The van der Waals surface area contributed by atoms with Crippen LogP contribution >= 0.6 is 0 Å². The van der Waals surface area contributed by atoms with Crippen LogP contribution in [0.5, 0.6) is 0 Å². The van der Waals surface area contributed by atoms with E-state index in [0.717, 1.165) is 12.5 Å². The summed E-state index contributed by atoms with van der Waals surface area (Å²) in [6.45, 7) is 3.83. The molecule has 0 radical (unpaired) electrons. The number of rotatable bonds is 21. The van der Waals surface area contributed by atoms with Gasteiger partial charge in [-0.25, -0.2) is 25.6 Å². The van der Waals surface area contributed by atoms with Crippen molar-refractivity contribution in [3.05, 3.63) is 71.3 Å². The van der Waals surface area contributed by atoms with Crippen molar-refractivity contribution in [2.75, 3.05) is 52.8 Å². The fraction of sp³-hybridized carbons (Fsp3) is 0.636. The monoisotopic (exact) mass is 966 g/mol. The minimum atomic E-state index is -3.69. The predicted molar refractivity (Wildman–Crippen MR) is 240 cm³/mol. The fourth-order valence-electron chi connectivity index (χ4n) is 9.58. The molecule has 4 aliphatic rings. The molecule has 4 heterocycles. The number of amides is 4. The first kappa shape index (κ1) is 51.2. The van der Waals surface area contributed by atoms with Gasteiger partial charge in [0, 0.05) is 38.3 Å². The molecule has 4 aliphatic heterocycles. The van der Waals surface area contributed by atoms with Gasteiger partial charge >= 0.3 is 0 Å². The summed E-state index contributed by atoms with van der Waals surface area (Å²) in [6, 6.07) is 5.64. The zero-order chi connectivity index (χ0) is 48.1. The minimum Gasteiger partial charge on any atom is -0.370 e. The van der Waals surface area contributed by atoms with Crippen molar-refractivity contribution in [3.63, 3.8) is 0 Å². The Labute approximate surface area is 386 Å². The van der Waals surface area contributed by atoms with Crippen molar-refractivity contribution >= 4 is 43.7 Å². The van der Waals surface area contributed by atoms with Crippen LogP contribution in [0.15, 0.2) is 48.5 Å². The fourth-order valence-corrected chi connectivity index (χ4v) is 11.9. The van der Waals surface area contributed by atoms with Crippen LogP contribution in [0, 0.1) is 11.6 Å². The predicted octanol–water partition coefficient (Wildman–Crippen LogP) is 0.671. The molecule has 0 unspecified atom stereocenters. The lowest BCUT2D eigenvalue weighted by atomic mass is 10.0. The molecule has 0 aliphatic carbocycles. The average molecular weight is 967 g/mol. The lowest BCUT2D eigenvalue weighted by molar-refractivity contribution is -0.140. The molecule has 4 amide bonds. The number of hydrogen-bond acceptors (Lipinski definition) is 12. The first-order valence-corrected chi connectivity index (χ1v) is 26.1. The van der Waals surface area contributed by atoms with Crippen molar-refractivity contribution in [2.45, 2.75) is 126 Å². The lowest BCUT2D eigenvalue weighted by Gasteiger charge is -2.33. The number of ether oxygens (including phenoxy) is 2. The molecule has 366 valence electrons. The van der Waals surface area contributed by atoms with Gasteiger partial charge in [0.2, 0.25) is 43.7 Å². The van der Waals surface area contributed by atoms with Crippen LogP contribution in [-0.4, -0.2) is 172 Å². The van der Waals surface area contributed by atoms with Gasteiger partial charge in [0.1, 0.15) is 23.7 Å². The number of nitrogens with one attached hydrogen (secondary N) is 4. The van der Waals surface area contributed by atoms with Gasteiger partial charge in [0.05, 0.1) is 62.1 Å². The third kappa shape index (κ3) is 12.1. The second-order valence-electron chi connectivity index (χ2n) is 17.8. The summed E-state index contributed by atoms with van der Waals surface area (Å²) in [4.78, 5) is 59.1. The normalized spacial score (nSPS) is 25.3. The van der Waals surface area contributed by atoms with E-state index in [2.05, 4.69) is 21.3 Å². The molecule has 0 saturated carbocycles. The highest BCUT2D eigenvalue weighted by atomic mass is 32.2. The Balaban J connectivity index is 1.18. The van der Waals surface area contributed by atoms with Gasteiger partial charge < -0.3 is 40.5 Å². The van der Waals surface area contributed by atoms with Crippen LogP contribution in [0.2, 0.25) is 0 Å². The maximum atomic E-state index is 14.6. The van der Waals surface area contributed by atoms with Gasteiger partial charge in [0.25, 0.3) is 0 Å². The number of halogens is 2. The topological polar surface area (TPSA) is 216 Å². The molecule has 22 heteroatoms. The Morgan fingerprint density at radius 1 is 0.636 bits per heavy atom. The van der Waals surface area contributed by atoms with Crippen LogP contribution < -0.4 is 21.3 Å². The van der Waals surface area contributed by atoms with Crippen LogP contribution in [-0.2, 0) is 61.9 Å². The quantitative estimate of drug-likeness (QED) is 0.127. The Morgan fingerprint density at radius 3 is 1.30 bits per heavy atom. The van der Waals surface area contributed by atoms with E-state index in [1.807, 2.05) is 0 Å². The summed E-state index contributed by atoms with van der Waals surface area (Å²) in [7, 11) is -4.16. The van der Waals surface area contributed by atoms with Gasteiger partial charge in [0.15, 0.2) is 0 Å². The van der Waals surface area contributed by atoms with Crippen LogP contribution in [0.1, 0.15) is 63.5 Å². The molecule has 2 aromatic carbocycles. The molecule has 4 saturated heterocycles. The van der Waals surface area contributed by atoms with E-state index in [1.54, 1.807) is 62.0 Å². The van der Waals surface area contributed by atoms with Gasteiger partial charge in [-0.15, -0.1) is 0 Å². The molecular formula is C44H64F2N8O10S2. The molecule has 6 rings (SSSR count). The highest BCUT2D eigenvalue weighted by Gasteiger charge is 2.56. The van der Waals surface area contributed by atoms with E-state index in [0.29, 0.717) is 36.8 Å². The number of likely N-dealkylation sites (N-methyl/N-ethyl adjacent to an activating group) is 2. The Bertz CT molecular complexity index is 2100. The van der Waals surface area contributed by atoms with Crippen molar-refractivity contribution in [1.29, 1.82) is 0 Å². The second-order valence-corrected chi connectivity index (χ2v) is 21.7. The summed E-state index contributed by atoms with van der Waals surface area (Å²) in [5, 5.41) is 11.5. The zero-order valence-corrected chi connectivity index (χ0v) is 40.0. The van der Waals surface area contributed by atoms with Crippen LogP contribution in [0.25, 0.3) is 0 Å². The second kappa shape index (κ2) is 21.9. The molecule has 2 aromatic rings. The number of benzene rings is 2. The maximum absolute atomic E-state index is 14.6. The highest BCUT2D eigenvalue weighted by molar-refractivity contribution is 7.88. The lowest BCUT2D eigenvalue weighted by Crippen LogP contribution is -2.56. The number of carbonyl (C=O) groups excluding carboxylic acids is 4. The number of unbranched alkanes of at least 4 members (excludes halogenated alkanes) is 1. The van der Waals surface area contributed by atoms with Gasteiger partial charge in [-0.2, -0.15) is 8.61 Å². The Kier molecular flexibility index (Phi) is 17.0. The van der Waals surface area contributed by atoms with E-state index in [-0.39, 0.29) is 52.2 Å². The third-order valence-corrected chi connectivity index (χ3v) is 15.9. The SMILES string of the molecule is CN[C@@H](C)C(=O)N[C@@H](CCCC[C@H](NC(=O)[C@H](C)NC)C(=O)N1CC[C@@H]2[C@H]1[C@@H](OCc1ccc(F)cc1)CN2S(C)(=O)=O)C(=O)N1CC[C@@H]2[C@H]1[C@@H](OCc1ccc(F)cc1)CN2S(C)(=O)=O. The van der Waals surface area contributed by atoms with E-state index >= 15 is 0 Å². The smallest absolute Gasteiger partial charge is 0.245 e. The number of likely N-dealkylation sites (tertiary alicyclic amines) is 2. The number of hydrogen-bond donors (Lipinski definition) is 4. The summed E-state index contributed by atoms with van der Waals surface area (Å²) in [6.07, 6.45) is 2.42. The van der Waals surface area contributed by atoms with Gasteiger partial charge in [-0.3, -0.25) is 19.2 Å². The standard InChI is InChI=1S/C44H64F2N8O10S2/c1-27(47-3)41(55)49-33(43(57)51-21-19-35-39(51)37(23-53(35)65(5,59)60)63-25-29-11-15-31(45)16-12-29)9-7-8-10-34(50-42(56)28(2)48-4)44(58)52-22-20-36-40(52)38(24-54(36)66(6,61)62)64-26-30-13-17-32(46)18-14-30/h11-18,27-28,33-40,47-48H,7-10,19-26H2,1-6H3,(H,49,55)(H,50,56)/t27-,28-,33-,34-,35+,36+,37-,38-,39-,40-/m0/s1. The number of sulfonamides is 2. The number of nitrogens with zero attached hydrogens (tertiary/aromatic N) is 4. The van der Waals surface area contributed by atoms with Crippen molar-refractivity contribution in [2.24, 2.45) is 0 Å². The van der Waals surface area contributed by atoms with E-state index in [4.69, 9.17) is 9.47 Å². The third-order valence-electron chi connectivity index (χ3n) is 13.4. The van der Waals surface area contributed by atoms with Crippen molar-refractivity contribution < 1.29 is 54.3 Å². The average Bonchev–Trinajstić information content (AvgIpc) is 4.07. The molecule has 0 bridgehead atoms. The maximum Gasteiger partial charge on any atom is 0.245 e. The molecule has 66 heavy (non-hydrogen) atoms. The van der Waals surface area contributed by atoms with Gasteiger partial charge in [-0.05, 0) is 89.0 Å². The first-order chi connectivity index (χ1) is 31.2. The number of carbonyl (C=O) groups is 4.